The molecular formula is C12H13N3O. The molecule has 0 bridgehead atoms. The minimum absolute atomic E-state index is 0.0844. The van der Waals surface area contributed by atoms with Crippen LogP contribution in [0, 0.1) is 0 Å². The molecule has 2 aromatic rings. The third-order valence-corrected chi connectivity index (χ3v) is 2.97. The predicted octanol–water partition coefficient (Wildman–Crippen LogP) is 1.33. The average molecular weight is 215 g/mol. The molecule has 3 rings (SSSR count). The molecule has 1 N–H and O–H groups in total. The molecule has 1 aliphatic heterocycles. The van der Waals surface area contributed by atoms with Crippen LogP contribution in [0.4, 0.5) is 0 Å². The maximum atomic E-state index is 11.4. The molecule has 0 amide bonds. The fourth-order valence-electron chi connectivity index (χ4n) is 2.12. The lowest BCUT2D eigenvalue weighted by Crippen LogP contribution is -2.32. The quantitative estimate of drug-likeness (QED) is 0.780. The minimum Gasteiger partial charge on any atom is -0.308 e. The van der Waals surface area contributed by atoms with Crippen LogP contribution in [-0.4, -0.2) is 21.7 Å². The second-order valence-corrected chi connectivity index (χ2v) is 4.13. The normalized spacial score (nSPS) is 21.5. The number of fused-ring (bicyclic) bond motifs is 1. The topological polar surface area (TPSA) is 46.4 Å². The Morgan fingerprint density at radius 1 is 1.44 bits per heavy atom. The first-order valence-electron chi connectivity index (χ1n) is 5.51. The SMILES string of the molecule is O=C1CCNC(c2cn3ccccc3n2)C1. The van der Waals surface area contributed by atoms with Gasteiger partial charge in [-0.2, -0.15) is 0 Å². The van der Waals surface area contributed by atoms with Crippen LogP contribution in [-0.2, 0) is 4.79 Å². The van der Waals surface area contributed by atoms with Gasteiger partial charge >= 0.3 is 0 Å². The molecule has 1 atom stereocenters. The molecule has 0 saturated carbocycles. The van der Waals surface area contributed by atoms with Gasteiger partial charge in [0.25, 0.3) is 0 Å². The van der Waals surface area contributed by atoms with Crippen molar-refractivity contribution in [1.29, 1.82) is 0 Å². The number of rotatable bonds is 1. The fourth-order valence-corrected chi connectivity index (χ4v) is 2.12. The Hall–Kier alpha value is -1.68. The highest BCUT2D eigenvalue weighted by atomic mass is 16.1. The number of pyridine rings is 1. The number of carbonyl (C=O) groups excluding carboxylic acids is 1. The van der Waals surface area contributed by atoms with Gasteiger partial charge in [-0.25, -0.2) is 4.98 Å². The van der Waals surface area contributed by atoms with E-state index in [9.17, 15) is 4.79 Å². The standard InChI is InChI=1S/C12H13N3O/c16-9-4-5-13-10(7-9)11-8-15-6-2-1-3-12(15)14-11/h1-3,6,8,10,13H,4-5,7H2. The second kappa shape index (κ2) is 3.72. The van der Waals surface area contributed by atoms with Gasteiger partial charge in [0.05, 0.1) is 11.7 Å². The number of nitrogens with zero attached hydrogens (tertiary/aromatic N) is 2. The van der Waals surface area contributed by atoms with E-state index in [-0.39, 0.29) is 6.04 Å². The summed E-state index contributed by atoms with van der Waals surface area (Å²) in [4.78, 5) is 15.9. The Kier molecular flexibility index (Phi) is 2.22. The first kappa shape index (κ1) is 9.54. The number of carbonyl (C=O) groups is 1. The average Bonchev–Trinajstić information content (AvgIpc) is 2.72. The van der Waals surface area contributed by atoms with E-state index in [1.807, 2.05) is 35.0 Å². The van der Waals surface area contributed by atoms with Crippen LogP contribution < -0.4 is 5.32 Å². The lowest BCUT2D eigenvalue weighted by atomic mass is 10.0. The summed E-state index contributed by atoms with van der Waals surface area (Å²) in [5.74, 6) is 0.320. The van der Waals surface area contributed by atoms with Crippen LogP contribution in [0.2, 0.25) is 0 Å². The molecule has 1 saturated heterocycles. The number of imidazole rings is 1. The van der Waals surface area contributed by atoms with Crippen LogP contribution in [0.1, 0.15) is 24.6 Å². The highest BCUT2D eigenvalue weighted by Gasteiger charge is 2.22. The van der Waals surface area contributed by atoms with E-state index in [1.54, 1.807) is 0 Å². The van der Waals surface area contributed by atoms with Crippen molar-refractivity contribution >= 4 is 11.4 Å². The molecule has 16 heavy (non-hydrogen) atoms. The van der Waals surface area contributed by atoms with E-state index in [2.05, 4.69) is 10.3 Å². The molecule has 4 heteroatoms. The van der Waals surface area contributed by atoms with Crippen LogP contribution in [0.15, 0.2) is 30.6 Å². The van der Waals surface area contributed by atoms with Gasteiger partial charge in [-0.1, -0.05) is 6.07 Å². The van der Waals surface area contributed by atoms with E-state index >= 15 is 0 Å². The zero-order valence-electron chi connectivity index (χ0n) is 8.89. The van der Waals surface area contributed by atoms with Crippen LogP contribution in [0.25, 0.3) is 5.65 Å². The maximum Gasteiger partial charge on any atom is 0.137 e. The summed E-state index contributed by atoms with van der Waals surface area (Å²) in [5.41, 5.74) is 1.89. The molecular weight excluding hydrogens is 202 g/mol. The van der Waals surface area contributed by atoms with Crippen LogP contribution in [0.5, 0.6) is 0 Å². The lowest BCUT2D eigenvalue weighted by Gasteiger charge is -2.20. The predicted molar refractivity (Wildman–Crippen MR) is 60.2 cm³/mol. The van der Waals surface area contributed by atoms with Gasteiger partial charge in [0.15, 0.2) is 0 Å². The van der Waals surface area contributed by atoms with Crippen molar-refractivity contribution in [2.24, 2.45) is 0 Å². The number of nitrogens with one attached hydrogen (secondary N) is 1. The summed E-state index contributed by atoms with van der Waals surface area (Å²) in [6.07, 6.45) is 5.16. The second-order valence-electron chi connectivity index (χ2n) is 4.13. The van der Waals surface area contributed by atoms with Crippen molar-refractivity contribution in [3.63, 3.8) is 0 Å². The summed E-state index contributed by atoms with van der Waals surface area (Å²) in [7, 11) is 0. The van der Waals surface area contributed by atoms with Gasteiger partial charge in [0.2, 0.25) is 0 Å². The van der Waals surface area contributed by atoms with Crippen molar-refractivity contribution in [2.45, 2.75) is 18.9 Å². The van der Waals surface area contributed by atoms with E-state index in [4.69, 9.17) is 0 Å². The molecule has 0 radical (unpaired) electrons. The third kappa shape index (κ3) is 1.61. The summed E-state index contributed by atoms with van der Waals surface area (Å²) in [5, 5.41) is 3.33. The monoisotopic (exact) mass is 215 g/mol. The highest BCUT2D eigenvalue weighted by Crippen LogP contribution is 2.20. The minimum atomic E-state index is 0.0844. The largest absolute Gasteiger partial charge is 0.308 e. The van der Waals surface area contributed by atoms with Crippen LogP contribution in [0.3, 0.4) is 0 Å². The van der Waals surface area contributed by atoms with Crippen molar-refractivity contribution in [3.8, 4) is 0 Å². The molecule has 1 aliphatic rings. The molecule has 0 aromatic carbocycles. The number of ketones is 1. The van der Waals surface area contributed by atoms with Crippen molar-refractivity contribution in [3.05, 3.63) is 36.3 Å². The van der Waals surface area contributed by atoms with Crippen molar-refractivity contribution in [2.75, 3.05) is 6.54 Å². The number of piperidine rings is 1. The maximum absolute atomic E-state index is 11.4. The molecule has 0 aliphatic carbocycles. The van der Waals surface area contributed by atoms with Gasteiger partial charge in [-0.3, -0.25) is 4.79 Å². The van der Waals surface area contributed by atoms with Gasteiger partial charge < -0.3 is 9.72 Å². The van der Waals surface area contributed by atoms with E-state index in [1.165, 1.54) is 0 Å². The Balaban J connectivity index is 1.96. The highest BCUT2D eigenvalue weighted by molar-refractivity contribution is 5.80. The first-order chi connectivity index (χ1) is 7.83. The summed E-state index contributed by atoms with van der Waals surface area (Å²) in [6.45, 7) is 0.761. The molecule has 4 nitrogen and oxygen atoms in total. The summed E-state index contributed by atoms with van der Waals surface area (Å²) < 4.78 is 1.98. The van der Waals surface area contributed by atoms with Gasteiger partial charge in [-0.15, -0.1) is 0 Å². The van der Waals surface area contributed by atoms with E-state index in [0.29, 0.717) is 18.6 Å². The lowest BCUT2D eigenvalue weighted by molar-refractivity contribution is -0.120. The number of hydrogen-bond donors (Lipinski definition) is 1. The van der Waals surface area contributed by atoms with Gasteiger partial charge in [0.1, 0.15) is 11.4 Å². The Morgan fingerprint density at radius 3 is 3.19 bits per heavy atom. The first-order valence-corrected chi connectivity index (χ1v) is 5.51. The fraction of sp³-hybridized carbons (Fsp3) is 0.333. The molecule has 1 unspecified atom stereocenters. The molecule has 0 spiro atoms. The smallest absolute Gasteiger partial charge is 0.137 e. The van der Waals surface area contributed by atoms with Gasteiger partial charge in [-0.05, 0) is 12.1 Å². The number of hydrogen-bond acceptors (Lipinski definition) is 3. The Labute approximate surface area is 93.3 Å². The van der Waals surface area contributed by atoms with Crippen molar-refractivity contribution in [1.82, 2.24) is 14.7 Å². The molecule has 1 fully saturated rings. The Bertz CT molecular complexity index is 499. The number of aromatic nitrogens is 2. The van der Waals surface area contributed by atoms with Crippen LogP contribution >= 0.6 is 0 Å². The third-order valence-electron chi connectivity index (χ3n) is 2.97. The van der Waals surface area contributed by atoms with Gasteiger partial charge in [0, 0.05) is 31.8 Å². The molecule has 2 aromatic heterocycles. The summed E-state index contributed by atoms with van der Waals surface area (Å²) in [6, 6.07) is 5.98. The Morgan fingerprint density at radius 2 is 2.38 bits per heavy atom. The summed E-state index contributed by atoms with van der Waals surface area (Å²) >= 11 is 0. The number of Topliss-reactive ketones (excluding diaryl/α,β-unsaturated/α-hetero) is 1. The van der Waals surface area contributed by atoms with E-state index in [0.717, 1.165) is 17.9 Å². The molecule has 82 valence electrons. The molecule has 3 heterocycles. The van der Waals surface area contributed by atoms with Crippen molar-refractivity contribution < 1.29 is 4.79 Å². The zero-order chi connectivity index (χ0) is 11.0. The van der Waals surface area contributed by atoms with E-state index < -0.39 is 0 Å². The zero-order valence-corrected chi connectivity index (χ0v) is 8.89.